The average Bonchev–Trinajstić information content (AvgIpc) is 3.46. The van der Waals surface area contributed by atoms with Crippen molar-refractivity contribution in [1.82, 2.24) is 4.98 Å². The minimum absolute atomic E-state index is 0.0321. The van der Waals surface area contributed by atoms with Crippen LogP contribution in [0.2, 0.25) is 5.02 Å². The molecule has 1 aliphatic rings. The Bertz CT molecular complexity index is 1010. The second-order valence-electron chi connectivity index (χ2n) is 7.03. The van der Waals surface area contributed by atoms with Crippen molar-refractivity contribution in [1.29, 1.82) is 0 Å². The minimum Gasteiger partial charge on any atom is -0.495 e. The third-order valence-electron chi connectivity index (χ3n) is 5.02. The fraction of sp³-hybridized carbons (Fsp3) is 0.364. The van der Waals surface area contributed by atoms with E-state index in [4.69, 9.17) is 35.5 Å². The molecule has 1 unspecified atom stereocenters. The van der Waals surface area contributed by atoms with Crippen LogP contribution in [-0.4, -0.2) is 51.0 Å². The first-order valence-electron chi connectivity index (χ1n) is 9.91. The highest BCUT2D eigenvalue weighted by molar-refractivity contribution is 7.22. The van der Waals surface area contributed by atoms with E-state index in [1.165, 1.54) is 11.3 Å². The molecule has 3 aromatic rings. The Morgan fingerprint density at radius 2 is 1.94 bits per heavy atom. The van der Waals surface area contributed by atoms with E-state index in [0.717, 1.165) is 17.5 Å². The van der Waals surface area contributed by atoms with Crippen molar-refractivity contribution >= 4 is 44.2 Å². The second-order valence-corrected chi connectivity index (χ2v) is 8.44. The Morgan fingerprint density at radius 3 is 2.61 bits per heavy atom. The summed E-state index contributed by atoms with van der Waals surface area (Å²) in [5.41, 5.74) is 0.658. The molecule has 1 saturated heterocycles. The third kappa shape index (κ3) is 4.87. The van der Waals surface area contributed by atoms with E-state index >= 15 is 0 Å². The highest BCUT2D eigenvalue weighted by Gasteiger charge is 2.27. The van der Waals surface area contributed by atoms with Crippen molar-refractivity contribution in [3.05, 3.63) is 41.4 Å². The molecule has 31 heavy (non-hydrogen) atoms. The molecule has 7 nitrogen and oxygen atoms in total. The van der Waals surface area contributed by atoms with E-state index < -0.39 is 0 Å². The highest BCUT2D eigenvalue weighted by atomic mass is 35.5. The molecule has 0 aliphatic carbocycles. The number of fused-ring (bicyclic) bond motifs is 1. The number of amides is 1. The van der Waals surface area contributed by atoms with Gasteiger partial charge in [-0.15, -0.1) is 0 Å². The standard InChI is InChI=1S/C22H23ClN2O5S/c1-27-17-9-10-18(28-2)21-20(17)24-22(31-21)25(12-16-4-3-11-29-16)19(26)13-30-15-7-5-14(23)6-8-15/h5-10,16H,3-4,11-13H2,1-2H3. The van der Waals surface area contributed by atoms with Gasteiger partial charge in [0, 0.05) is 11.6 Å². The molecule has 9 heteroatoms. The van der Waals surface area contributed by atoms with Crippen LogP contribution in [0.3, 0.4) is 0 Å². The molecule has 1 aromatic heterocycles. The fourth-order valence-electron chi connectivity index (χ4n) is 3.42. The van der Waals surface area contributed by atoms with Crippen molar-refractivity contribution in [2.75, 3.05) is 38.9 Å². The summed E-state index contributed by atoms with van der Waals surface area (Å²) in [7, 11) is 3.20. The summed E-state index contributed by atoms with van der Waals surface area (Å²) >= 11 is 7.30. The lowest BCUT2D eigenvalue weighted by Crippen LogP contribution is -2.40. The van der Waals surface area contributed by atoms with Gasteiger partial charge >= 0.3 is 0 Å². The van der Waals surface area contributed by atoms with Crippen LogP contribution in [-0.2, 0) is 9.53 Å². The zero-order valence-corrected chi connectivity index (χ0v) is 18.9. The zero-order valence-electron chi connectivity index (χ0n) is 17.3. The summed E-state index contributed by atoms with van der Waals surface area (Å²) in [6.07, 6.45) is 1.85. The Morgan fingerprint density at radius 1 is 1.19 bits per heavy atom. The number of carbonyl (C=O) groups is 1. The first-order valence-corrected chi connectivity index (χ1v) is 11.1. The predicted molar refractivity (Wildman–Crippen MR) is 121 cm³/mol. The van der Waals surface area contributed by atoms with Gasteiger partial charge in [-0.05, 0) is 49.2 Å². The van der Waals surface area contributed by atoms with Gasteiger partial charge in [-0.3, -0.25) is 9.69 Å². The molecule has 2 aromatic carbocycles. The van der Waals surface area contributed by atoms with Crippen molar-refractivity contribution in [3.63, 3.8) is 0 Å². The number of rotatable bonds is 8. The van der Waals surface area contributed by atoms with Crippen molar-refractivity contribution in [3.8, 4) is 17.2 Å². The van der Waals surface area contributed by atoms with Gasteiger partial charge in [0.1, 0.15) is 27.5 Å². The van der Waals surface area contributed by atoms with Crippen molar-refractivity contribution in [2.45, 2.75) is 18.9 Å². The molecule has 0 N–H and O–H groups in total. The molecule has 0 radical (unpaired) electrons. The summed E-state index contributed by atoms with van der Waals surface area (Å²) in [6.45, 7) is 0.987. The number of halogens is 1. The van der Waals surface area contributed by atoms with Crippen molar-refractivity contribution in [2.24, 2.45) is 0 Å². The number of methoxy groups -OCH3 is 2. The van der Waals surface area contributed by atoms with Gasteiger partial charge in [0.15, 0.2) is 11.7 Å². The van der Waals surface area contributed by atoms with Gasteiger partial charge in [-0.2, -0.15) is 0 Å². The van der Waals surface area contributed by atoms with Gasteiger partial charge in [0.2, 0.25) is 0 Å². The maximum atomic E-state index is 13.2. The molecular weight excluding hydrogens is 440 g/mol. The van der Waals surface area contributed by atoms with E-state index in [9.17, 15) is 4.79 Å². The fourth-order valence-corrected chi connectivity index (χ4v) is 4.65. The molecule has 1 atom stereocenters. The lowest BCUT2D eigenvalue weighted by atomic mass is 10.2. The summed E-state index contributed by atoms with van der Waals surface area (Å²) in [5.74, 6) is 1.67. The van der Waals surface area contributed by atoms with E-state index in [2.05, 4.69) is 0 Å². The number of hydrogen-bond donors (Lipinski definition) is 0. The van der Waals surface area contributed by atoms with Gasteiger partial charge in [-0.1, -0.05) is 22.9 Å². The van der Waals surface area contributed by atoms with E-state index in [1.54, 1.807) is 49.5 Å². The lowest BCUT2D eigenvalue weighted by molar-refractivity contribution is -0.120. The SMILES string of the molecule is COc1ccc(OC)c2sc(N(CC3CCCO3)C(=O)COc3ccc(Cl)cc3)nc12. The van der Waals surface area contributed by atoms with Crippen LogP contribution in [0.1, 0.15) is 12.8 Å². The maximum absolute atomic E-state index is 13.2. The second kappa shape index (κ2) is 9.72. The van der Waals surface area contributed by atoms with E-state index in [-0.39, 0.29) is 18.6 Å². The quantitative estimate of drug-likeness (QED) is 0.489. The summed E-state index contributed by atoms with van der Waals surface area (Å²) < 4.78 is 23.2. The highest BCUT2D eigenvalue weighted by Crippen LogP contribution is 2.40. The summed E-state index contributed by atoms with van der Waals surface area (Å²) in [4.78, 5) is 19.5. The number of thiazole rings is 1. The Balaban J connectivity index is 1.62. The van der Waals surface area contributed by atoms with Gasteiger partial charge in [0.05, 0.1) is 26.9 Å². The summed E-state index contributed by atoms with van der Waals surface area (Å²) in [6, 6.07) is 10.5. The Labute approximate surface area is 189 Å². The molecule has 0 spiro atoms. The van der Waals surface area contributed by atoms with Crippen LogP contribution in [0.15, 0.2) is 36.4 Å². The molecule has 0 saturated carbocycles. The molecule has 164 valence electrons. The number of anilines is 1. The Hall–Kier alpha value is -2.55. The number of nitrogens with zero attached hydrogens (tertiary/aromatic N) is 2. The lowest BCUT2D eigenvalue weighted by Gasteiger charge is -2.23. The topological polar surface area (TPSA) is 70.1 Å². The zero-order chi connectivity index (χ0) is 21.8. The number of ether oxygens (including phenoxy) is 4. The Kier molecular flexibility index (Phi) is 6.80. The van der Waals surface area contributed by atoms with Crippen LogP contribution >= 0.6 is 22.9 Å². The first kappa shape index (κ1) is 21.7. The molecule has 0 bridgehead atoms. The van der Waals surface area contributed by atoms with Crippen LogP contribution in [0, 0.1) is 0 Å². The van der Waals surface area contributed by atoms with Gasteiger partial charge in [-0.25, -0.2) is 4.98 Å². The normalized spacial score (nSPS) is 15.8. The first-order chi connectivity index (χ1) is 15.1. The number of aromatic nitrogens is 1. The largest absolute Gasteiger partial charge is 0.495 e. The molecule has 4 rings (SSSR count). The number of hydrogen-bond acceptors (Lipinski definition) is 7. The predicted octanol–water partition coefficient (Wildman–Crippen LogP) is 4.56. The molecule has 2 heterocycles. The maximum Gasteiger partial charge on any atom is 0.266 e. The number of carbonyl (C=O) groups excluding carboxylic acids is 1. The monoisotopic (exact) mass is 462 g/mol. The molecule has 1 fully saturated rings. The minimum atomic E-state index is -0.206. The van der Waals surface area contributed by atoms with Crippen LogP contribution in [0.5, 0.6) is 17.2 Å². The van der Waals surface area contributed by atoms with Crippen LogP contribution in [0.4, 0.5) is 5.13 Å². The van der Waals surface area contributed by atoms with Gasteiger partial charge < -0.3 is 18.9 Å². The third-order valence-corrected chi connectivity index (χ3v) is 6.36. The number of benzene rings is 2. The van der Waals surface area contributed by atoms with Crippen molar-refractivity contribution < 1.29 is 23.7 Å². The van der Waals surface area contributed by atoms with E-state index in [0.29, 0.717) is 46.1 Å². The molecule has 1 aliphatic heterocycles. The smallest absolute Gasteiger partial charge is 0.266 e. The van der Waals surface area contributed by atoms with Crippen LogP contribution in [0.25, 0.3) is 10.2 Å². The molecular formula is C22H23ClN2O5S. The van der Waals surface area contributed by atoms with Gasteiger partial charge in [0.25, 0.3) is 5.91 Å². The molecule has 1 amide bonds. The van der Waals surface area contributed by atoms with Crippen LogP contribution < -0.4 is 19.1 Å². The summed E-state index contributed by atoms with van der Waals surface area (Å²) in [5, 5.41) is 1.16. The average molecular weight is 463 g/mol. The van der Waals surface area contributed by atoms with E-state index in [1.807, 2.05) is 6.07 Å².